The molecule has 1 nitrogen and oxygen atoms in total. The fourth-order valence-electron chi connectivity index (χ4n) is 1.46. The van der Waals surface area contributed by atoms with Crippen molar-refractivity contribution in [2.75, 3.05) is 7.11 Å². The number of halogens is 1. The Labute approximate surface area is 102 Å². The summed E-state index contributed by atoms with van der Waals surface area (Å²) in [6.07, 6.45) is 0. The Bertz CT molecular complexity index is 462. The minimum atomic E-state index is 0.936. The van der Waals surface area contributed by atoms with E-state index in [9.17, 15) is 0 Å². The number of hydrogen-bond donors (Lipinski definition) is 0. The van der Waals surface area contributed by atoms with Gasteiger partial charge in [-0.2, -0.15) is 0 Å². The highest BCUT2D eigenvalue weighted by Gasteiger charge is 2.14. The van der Waals surface area contributed by atoms with Gasteiger partial charge in [0.15, 0.2) is 5.06 Å². The highest BCUT2D eigenvalue weighted by atomic mass is 79.9. The summed E-state index contributed by atoms with van der Waals surface area (Å²) < 4.78 is 6.36. The van der Waals surface area contributed by atoms with Crippen molar-refractivity contribution >= 4 is 27.3 Å². The van der Waals surface area contributed by atoms with Crippen molar-refractivity contribution in [1.82, 2.24) is 0 Å². The van der Waals surface area contributed by atoms with Gasteiger partial charge in [0, 0.05) is 4.88 Å². The van der Waals surface area contributed by atoms with Crippen LogP contribution >= 0.6 is 27.3 Å². The van der Waals surface area contributed by atoms with E-state index in [-0.39, 0.29) is 0 Å². The van der Waals surface area contributed by atoms with Crippen molar-refractivity contribution in [2.45, 2.75) is 6.92 Å². The van der Waals surface area contributed by atoms with Crippen LogP contribution in [0.4, 0.5) is 0 Å². The first-order valence-electron chi connectivity index (χ1n) is 4.62. The van der Waals surface area contributed by atoms with Crippen LogP contribution in [0, 0.1) is 6.92 Å². The second-order valence-electron chi connectivity index (χ2n) is 3.23. The number of benzene rings is 1. The van der Waals surface area contributed by atoms with Crippen LogP contribution < -0.4 is 4.74 Å². The van der Waals surface area contributed by atoms with Crippen molar-refractivity contribution < 1.29 is 4.74 Å². The van der Waals surface area contributed by atoms with Crippen molar-refractivity contribution in [3.8, 4) is 15.5 Å². The molecule has 0 saturated carbocycles. The van der Waals surface area contributed by atoms with Gasteiger partial charge >= 0.3 is 0 Å². The van der Waals surface area contributed by atoms with Crippen molar-refractivity contribution in [2.24, 2.45) is 0 Å². The number of hydrogen-bond acceptors (Lipinski definition) is 2. The predicted octanol–water partition coefficient (Wildman–Crippen LogP) is 4.49. The summed E-state index contributed by atoms with van der Waals surface area (Å²) in [6.45, 7) is 2.10. The molecule has 0 unspecified atom stereocenters. The van der Waals surface area contributed by atoms with Crippen LogP contribution in [0.3, 0.4) is 0 Å². The maximum atomic E-state index is 5.30. The summed E-state index contributed by atoms with van der Waals surface area (Å²) in [5.41, 5.74) is 2.48. The monoisotopic (exact) mass is 282 g/mol. The zero-order valence-electron chi connectivity index (χ0n) is 8.58. The van der Waals surface area contributed by atoms with Crippen LogP contribution in [0.15, 0.2) is 34.8 Å². The Balaban J connectivity index is 2.55. The Kier molecular flexibility index (Phi) is 3.12. The van der Waals surface area contributed by atoms with E-state index in [1.165, 1.54) is 16.0 Å². The first-order valence-corrected chi connectivity index (χ1v) is 6.23. The van der Waals surface area contributed by atoms with E-state index in [0.717, 1.165) is 9.54 Å². The predicted molar refractivity (Wildman–Crippen MR) is 68.7 cm³/mol. The van der Waals surface area contributed by atoms with Gasteiger partial charge in [0.1, 0.15) is 0 Å². The average Bonchev–Trinajstić information content (AvgIpc) is 2.57. The minimum absolute atomic E-state index is 0.936. The lowest BCUT2D eigenvalue weighted by Crippen LogP contribution is -1.77. The maximum Gasteiger partial charge on any atom is 0.188 e. The molecule has 0 atom stereocenters. The molecule has 0 spiro atoms. The molecular weight excluding hydrogens is 272 g/mol. The molecule has 0 aliphatic rings. The van der Waals surface area contributed by atoms with Gasteiger partial charge < -0.3 is 4.74 Å². The summed E-state index contributed by atoms with van der Waals surface area (Å²) in [5.74, 6) is 0. The highest BCUT2D eigenvalue weighted by Crippen LogP contribution is 2.44. The van der Waals surface area contributed by atoms with Gasteiger partial charge in [-0.15, -0.1) is 0 Å². The molecule has 0 aliphatic heterocycles. The van der Waals surface area contributed by atoms with Crippen LogP contribution in [0.1, 0.15) is 5.56 Å². The first-order chi connectivity index (χ1) is 7.24. The SMILES string of the molecule is COc1sc(-c2ccccc2)c(C)c1Br. The first kappa shape index (κ1) is 10.7. The van der Waals surface area contributed by atoms with Gasteiger partial charge in [-0.3, -0.25) is 0 Å². The highest BCUT2D eigenvalue weighted by molar-refractivity contribution is 9.10. The number of rotatable bonds is 2. The third-order valence-corrected chi connectivity index (χ3v) is 4.78. The molecule has 0 amide bonds. The Morgan fingerprint density at radius 1 is 1.20 bits per heavy atom. The summed E-state index contributed by atoms with van der Waals surface area (Å²) in [6, 6.07) is 10.4. The van der Waals surface area contributed by atoms with Gasteiger partial charge in [-0.25, -0.2) is 0 Å². The number of ether oxygens (including phenoxy) is 1. The quantitative estimate of drug-likeness (QED) is 0.788. The molecule has 1 heterocycles. The lowest BCUT2D eigenvalue weighted by molar-refractivity contribution is 0.424. The van der Waals surface area contributed by atoms with Gasteiger partial charge in [0.25, 0.3) is 0 Å². The summed E-state index contributed by atoms with van der Waals surface area (Å²) in [5, 5.41) is 0.936. The molecule has 0 bridgehead atoms. The molecule has 3 heteroatoms. The van der Waals surface area contributed by atoms with E-state index >= 15 is 0 Å². The van der Waals surface area contributed by atoms with E-state index in [1.807, 2.05) is 6.07 Å². The topological polar surface area (TPSA) is 9.23 Å². The molecular formula is C12H11BrOS. The molecule has 2 aromatic rings. The second-order valence-corrected chi connectivity index (χ2v) is 5.00. The molecule has 1 aromatic carbocycles. The summed E-state index contributed by atoms with van der Waals surface area (Å²) in [4.78, 5) is 1.26. The Hall–Kier alpha value is -0.800. The van der Waals surface area contributed by atoms with Gasteiger partial charge in [-0.05, 0) is 34.0 Å². The maximum absolute atomic E-state index is 5.30. The van der Waals surface area contributed by atoms with Crippen LogP contribution in [-0.2, 0) is 0 Å². The smallest absolute Gasteiger partial charge is 0.188 e. The molecule has 15 heavy (non-hydrogen) atoms. The normalized spacial score (nSPS) is 10.3. The molecule has 2 rings (SSSR count). The number of thiophene rings is 1. The Morgan fingerprint density at radius 3 is 2.40 bits per heavy atom. The molecule has 0 saturated heterocycles. The van der Waals surface area contributed by atoms with E-state index in [1.54, 1.807) is 18.4 Å². The van der Waals surface area contributed by atoms with Crippen LogP contribution in [-0.4, -0.2) is 7.11 Å². The van der Waals surface area contributed by atoms with Crippen molar-refractivity contribution in [3.63, 3.8) is 0 Å². The summed E-state index contributed by atoms with van der Waals surface area (Å²) in [7, 11) is 1.70. The molecule has 0 aliphatic carbocycles. The standard InChI is InChI=1S/C12H11BrOS/c1-8-10(13)12(14-2)15-11(8)9-6-4-3-5-7-9/h3-7H,1-2H3. The van der Waals surface area contributed by atoms with Gasteiger partial charge in [-0.1, -0.05) is 41.7 Å². The van der Waals surface area contributed by atoms with Gasteiger partial charge in [0.05, 0.1) is 11.6 Å². The lowest BCUT2D eigenvalue weighted by atomic mass is 10.1. The fraction of sp³-hybridized carbons (Fsp3) is 0.167. The van der Waals surface area contributed by atoms with Gasteiger partial charge in [0.2, 0.25) is 0 Å². The zero-order valence-corrected chi connectivity index (χ0v) is 11.0. The molecule has 0 fully saturated rings. The minimum Gasteiger partial charge on any atom is -0.486 e. The molecule has 1 aromatic heterocycles. The third kappa shape index (κ3) is 1.94. The van der Waals surface area contributed by atoms with Crippen LogP contribution in [0.2, 0.25) is 0 Å². The van der Waals surface area contributed by atoms with Crippen LogP contribution in [0.5, 0.6) is 5.06 Å². The van der Waals surface area contributed by atoms with Crippen molar-refractivity contribution in [3.05, 3.63) is 40.4 Å². The fourth-order valence-corrected chi connectivity index (χ4v) is 3.22. The molecule has 0 radical (unpaired) electrons. The largest absolute Gasteiger partial charge is 0.486 e. The van der Waals surface area contributed by atoms with E-state index in [2.05, 4.69) is 47.1 Å². The van der Waals surface area contributed by atoms with E-state index < -0.39 is 0 Å². The van der Waals surface area contributed by atoms with E-state index in [4.69, 9.17) is 4.74 Å². The second kappa shape index (κ2) is 4.37. The third-order valence-electron chi connectivity index (χ3n) is 2.27. The Morgan fingerprint density at radius 2 is 1.87 bits per heavy atom. The molecule has 78 valence electrons. The lowest BCUT2D eigenvalue weighted by Gasteiger charge is -1.97. The molecule has 0 N–H and O–H groups in total. The number of methoxy groups -OCH3 is 1. The zero-order chi connectivity index (χ0) is 10.8. The summed E-state index contributed by atoms with van der Waals surface area (Å²) >= 11 is 5.21. The van der Waals surface area contributed by atoms with E-state index in [0.29, 0.717) is 0 Å². The average molecular weight is 283 g/mol. The van der Waals surface area contributed by atoms with Crippen molar-refractivity contribution in [1.29, 1.82) is 0 Å². The van der Waals surface area contributed by atoms with Crippen LogP contribution in [0.25, 0.3) is 10.4 Å².